The van der Waals surface area contributed by atoms with Gasteiger partial charge in [-0.2, -0.15) is 0 Å². The van der Waals surface area contributed by atoms with Gasteiger partial charge in [-0.1, -0.05) is 26.2 Å². The van der Waals surface area contributed by atoms with Crippen molar-refractivity contribution in [2.45, 2.75) is 58.0 Å². The highest BCUT2D eigenvalue weighted by molar-refractivity contribution is 4.88. The average Bonchev–Trinajstić information content (AvgIpc) is 2.04. The molecule has 0 aromatic heterocycles. The van der Waals surface area contributed by atoms with Crippen molar-refractivity contribution in [2.75, 3.05) is 14.1 Å². The summed E-state index contributed by atoms with van der Waals surface area (Å²) in [5.41, 5.74) is 6.27. The SMILES string of the molecule is CCCCCC(N)C(C)(C)N(C)C. The normalized spacial score (nSPS) is 15.0. The summed E-state index contributed by atoms with van der Waals surface area (Å²) in [5.74, 6) is 0. The van der Waals surface area contributed by atoms with Gasteiger partial charge in [-0.15, -0.1) is 0 Å². The van der Waals surface area contributed by atoms with Crippen molar-refractivity contribution in [1.82, 2.24) is 4.90 Å². The van der Waals surface area contributed by atoms with E-state index >= 15 is 0 Å². The van der Waals surface area contributed by atoms with Crippen molar-refractivity contribution in [3.8, 4) is 0 Å². The van der Waals surface area contributed by atoms with Gasteiger partial charge in [0.05, 0.1) is 0 Å². The summed E-state index contributed by atoms with van der Waals surface area (Å²) >= 11 is 0. The van der Waals surface area contributed by atoms with Gasteiger partial charge >= 0.3 is 0 Å². The van der Waals surface area contributed by atoms with Gasteiger partial charge in [0.25, 0.3) is 0 Å². The minimum atomic E-state index is 0.119. The van der Waals surface area contributed by atoms with Crippen LogP contribution in [0.1, 0.15) is 46.5 Å². The van der Waals surface area contributed by atoms with Crippen molar-refractivity contribution < 1.29 is 0 Å². The van der Waals surface area contributed by atoms with Crippen LogP contribution in [-0.4, -0.2) is 30.6 Å². The van der Waals surface area contributed by atoms with Crippen LogP contribution in [-0.2, 0) is 0 Å². The second kappa shape index (κ2) is 5.61. The van der Waals surface area contributed by atoms with Gasteiger partial charge in [0.1, 0.15) is 0 Å². The number of hydrogen-bond donors (Lipinski definition) is 1. The molecule has 13 heavy (non-hydrogen) atoms. The monoisotopic (exact) mass is 186 g/mol. The van der Waals surface area contributed by atoms with Crippen LogP contribution in [0.5, 0.6) is 0 Å². The van der Waals surface area contributed by atoms with E-state index in [1.165, 1.54) is 19.3 Å². The highest BCUT2D eigenvalue weighted by Gasteiger charge is 2.27. The summed E-state index contributed by atoms with van der Waals surface area (Å²) in [4.78, 5) is 2.21. The van der Waals surface area contributed by atoms with Gasteiger partial charge in [-0.3, -0.25) is 0 Å². The first kappa shape index (κ1) is 12.9. The van der Waals surface area contributed by atoms with E-state index in [1.807, 2.05) is 0 Å². The highest BCUT2D eigenvalue weighted by atomic mass is 15.2. The maximum absolute atomic E-state index is 6.15. The van der Waals surface area contributed by atoms with Gasteiger partial charge in [0, 0.05) is 11.6 Å². The quantitative estimate of drug-likeness (QED) is 0.645. The summed E-state index contributed by atoms with van der Waals surface area (Å²) in [6, 6.07) is 0.286. The van der Waals surface area contributed by atoms with Gasteiger partial charge in [0.15, 0.2) is 0 Å². The molecule has 0 bridgehead atoms. The molecule has 80 valence electrons. The Bertz CT molecular complexity index is 130. The fraction of sp³-hybridized carbons (Fsp3) is 1.00. The fourth-order valence-corrected chi connectivity index (χ4v) is 1.30. The van der Waals surface area contributed by atoms with Gasteiger partial charge in [-0.25, -0.2) is 0 Å². The van der Waals surface area contributed by atoms with Crippen LogP contribution in [0.25, 0.3) is 0 Å². The lowest BCUT2D eigenvalue weighted by Crippen LogP contribution is -2.52. The molecule has 0 aromatic rings. The summed E-state index contributed by atoms with van der Waals surface area (Å²) in [6.07, 6.45) is 4.97. The van der Waals surface area contributed by atoms with E-state index in [0.29, 0.717) is 0 Å². The van der Waals surface area contributed by atoms with Crippen LogP contribution in [0.2, 0.25) is 0 Å². The van der Waals surface area contributed by atoms with E-state index in [2.05, 4.69) is 39.8 Å². The molecular formula is C11H26N2. The number of likely N-dealkylation sites (N-methyl/N-ethyl adjacent to an activating group) is 1. The molecule has 0 spiro atoms. The summed E-state index contributed by atoms with van der Waals surface area (Å²) in [5, 5.41) is 0. The molecule has 0 aromatic carbocycles. The van der Waals surface area contributed by atoms with Gasteiger partial charge in [-0.05, 0) is 34.4 Å². The fourth-order valence-electron chi connectivity index (χ4n) is 1.30. The van der Waals surface area contributed by atoms with Crippen LogP contribution < -0.4 is 5.73 Å². The van der Waals surface area contributed by atoms with Gasteiger partial charge < -0.3 is 10.6 Å². The highest BCUT2D eigenvalue weighted by Crippen LogP contribution is 2.18. The lowest BCUT2D eigenvalue weighted by atomic mass is 9.90. The summed E-state index contributed by atoms with van der Waals surface area (Å²) in [7, 11) is 4.19. The molecule has 0 aliphatic carbocycles. The standard InChI is InChI=1S/C11H26N2/c1-6-7-8-9-10(12)11(2,3)13(4)5/h10H,6-9,12H2,1-5H3. The molecule has 0 aliphatic heterocycles. The zero-order valence-corrected chi connectivity index (χ0v) is 9.93. The number of nitrogens with two attached hydrogens (primary N) is 1. The number of nitrogens with zero attached hydrogens (tertiary/aromatic N) is 1. The van der Waals surface area contributed by atoms with E-state index in [1.54, 1.807) is 0 Å². The first-order valence-corrected chi connectivity index (χ1v) is 5.36. The lowest BCUT2D eigenvalue weighted by Gasteiger charge is -2.38. The van der Waals surface area contributed by atoms with Crippen molar-refractivity contribution in [3.63, 3.8) is 0 Å². The third kappa shape index (κ3) is 4.10. The summed E-state index contributed by atoms with van der Waals surface area (Å²) in [6.45, 7) is 6.65. The Morgan fingerprint density at radius 1 is 1.23 bits per heavy atom. The number of hydrogen-bond acceptors (Lipinski definition) is 2. The molecule has 1 atom stereocenters. The second-order valence-corrected chi connectivity index (χ2v) is 4.65. The van der Waals surface area contributed by atoms with E-state index in [9.17, 15) is 0 Å². The van der Waals surface area contributed by atoms with Gasteiger partial charge in [0.2, 0.25) is 0 Å². The molecule has 2 N–H and O–H groups in total. The predicted octanol–water partition coefficient (Wildman–Crippen LogP) is 2.23. The Balaban J connectivity index is 3.87. The topological polar surface area (TPSA) is 29.3 Å². The smallest absolute Gasteiger partial charge is 0.0298 e. The Kier molecular flexibility index (Phi) is 5.57. The van der Waals surface area contributed by atoms with Crippen LogP contribution >= 0.6 is 0 Å². The molecule has 0 heterocycles. The third-order valence-corrected chi connectivity index (χ3v) is 3.18. The van der Waals surface area contributed by atoms with Crippen molar-refractivity contribution in [2.24, 2.45) is 5.73 Å². The second-order valence-electron chi connectivity index (χ2n) is 4.65. The molecule has 2 heteroatoms. The maximum atomic E-state index is 6.15. The van der Waals surface area contributed by atoms with Crippen molar-refractivity contribution in [3.05, 3.63) is 0 Å². The lowest BCUT2D eigenvalue weighted by molar-refractivity contribution is 0.151. The van der Waals surface area contributed by atoms with Crippen molar-refractivity contribution >= 4 is 0 Å². The molecule has 0 aliphatic rings. The third-order valence-electron chi connectivity index (χ3n) is 3.18. The summed E-state index contributed by atoms with van der Waals surface area (Å²) < 4.78 is 0. The molecule has 0 fully saturated rings. The minimum absolute atomic E-state index is 0.119. The molecule has 0 rings (SSSR count). The van der Waals surface area contributed by atoms with E-state index in [0.717, 1.165) is 6.42 Å². The molecule has 0 radical (unpaired) electrons. The van der Waals surface area contributed by atoms with E-state index < -0.39 is 0 Å². The number of rotatable bonds is 6. The Morgan fingerprint density at radius 2 is 1.77 bits per heavy atom. The van der Waals surface area contributed by atoms with Crippen LogP contribution in [0.15, 0.2) is 0 Å². The Hall–Kier alpha value is -0.0800. The number of unbranched alkanes of at least 4 members (excludes halogenated alkanes) is 2. The maximum Gasteiger partial charge on any atom is 0.0298 e. The average molecular weight is 186 g/mol. The Labute approximate surface area is 83.5 Å². The van der Waals surface area contributed by atoms with Crippen LogP contribution in [0.3, 0.4) is 0 Å². The first-order chi connectivity index (χ1) is 5.92. The Morgan fingerprint density at radius 3 is 2.15 bits per heavy atom. The van der Waals surface area contributed by atoms with Crippen LogP contribution in [0.4, 0.5) is 0 Å². The van der Waals surface area contributed by atoms with Crippen molar-refractivity contribution in [1.29, 1.82) is 0 Å². The van der Waals surface area contributed by atoms with Crippen LogP contribution in [0, 0.1) is 0 Å². The molecule has 0 amide bonds. The predicted molar refractivity (Wildman–Crippen MR) is 59.9 cm³/mol. The molecule has 1 unspecified atom stereocenters. The zero-order chi connectivity index (χ0) is 10.5. The van der Waals surface area contributed by atoms with E-state index in [-0.39, 0.29) is 11.6 Å². The molecule has 2 nitrogen and oxygen atoms in total. The molecule has 0 saturated heterocycles. The largest absolute Gasteiger partial charge is 0.326 e. The minimum Gasteiger partial charge on any atom is -0.326 e. The molecule has 0 saturated carbocycles. The zero-order valence-electron chi connectivity index (χ0n) is 9.93. The molecular weight excluding hydrogens is 160 g/mol. The van der Waals surface area contributed by atoms with E-state index in [4.69, 9.17) is 5.73 Å². The first-order valence-electron chi connectivity index (χ1n) is 5.36.